The Bertz CT molecular complexity index is 915. The van der Waals surface area contributed by atoms with Crippen LogP contribution in [-0.2, 0) is 4.74 Å². The van der Waals surface area contributed by atoms with Gasteiger partial charge in [0.25, 0.3) is 0 Å². The van der Waals surface area contributed by atoms with E-state index in [0.29, 0.717) is 12.0 Å². The number of carbonyl (C=O) groups excluding carboxylic acids is 3. The van der Waals surface area contributed by atoms with Crippen LogP contribution in [0.2, 0.25) is 0 Å². The number of nitrogens with zero attached hydrogens (tertiary/aromatic N) is 1. The molecule has 1 N–H and O–H groups in total. The molecule has 0 unspecified atom stereocenters. The second kappa shape index (κ2) is 8.30. The van der Waals surface area contributed by atoms with Gasteiger partial charge in [0.1, 0.15) is 11.9 Å². The third-order valence-corrected chi connectivity index (χ3v) is 3.29. The van der Waals surface area contributed by atoms with Gasteiger partial charge in [0.2, 0.25) is 5.75 Å². The number of amides is 1. The summed E-state index contributed by atoms with van der Waals surface area (Å²) in [5.74, 6) is -1.19. The van der Waals surface area contributed by atoms with Crippen LogP contribution in [-0.4, -0.2) is 28.9 Å². The number of nitro groups is 1. The maximum Gasteiger partial charge on any atom is 0.412 e. The van der Waals surface area contributed by atoms with Gasteiger partial charge >= 0.3 is 17.7 Å². The Morgan fingerprint density at radius 2 is 1.75 bits per heavy atom. The van der Waals surface area contributed by atoms with Gasteiger partial charge in [-0.3, -0.25) is 20.2 Å². The van der Waals surface area contributed by atoms with Gasteiger partial charge in [-0.05, 0) is 57.2 Å². The molecule has 1 amide bonds. The number of ether oxygens (including phenoxy) is 2. The molecule has 9 heteroatoms. The summed E-state index contributed by atoms with van der Waals surface area (Å²) in [6, 6.07) is 9.11. The van der Waals surface area contributed by atoms with Crippen molar-refractivity contribution in [2.45, 2.75) is 26.4 Å². The van der Waals surface area contributed by atoms with Crippen LogP contribution in [0.3, 0.4) is 0 Å². The molecule has 2 rings (SSSR count). The fourth-order valence-corrected chi connectivity index (χ4v) is 2.11. The van der Waals surface area contributed by atoms with E-state index >= 15 is 0 Å². The van der Waals surface area contributed by atoms with Crippen molar-refractivity contribution in [2.24, 2.45) is 0 Å². The summed E-state index contributed by atoms with van der Waals surface area (Å²) in [5, 5.41) is 13.6. The highest BCUT2D eigenvalue weighted by atomic mass is 16.6. The summed E-state index contributed by atoms with van der Waals surface area (Å²) in [6.45, 7) is 5.18. The van der Waals surface area contributed by atoms with E-state index in [1.165, 1.54) is 30.3 Å². The number of esters is 1. The predicted molar refractivity (Wildman–Crippen MR) is 99.7 cm³/mol. The first-order chi connectivity index (χ1) is 13.1. The lowest BCUT2D eigenvalue weighted by molar-refractivity contribution is -0.385. The molecule has 0 aliphatic carbocycles. The first kappa shape index (κ1) is 20.6. The van der Waals surface area contributed by atoms with Gasteiger partial charge in [0.05, 0.1) is 10.5 Å². The quantitative estimate of drug-likeness (QED) is 0.271. The Kier molecular flexibility index (Phi) is 6.09. The number of benzene rings is 2. The molecule has 28 heavy (non-hydrogen) atoms. The van der Waals surface area contributed by atoms with E-state index in [2.05, 4.69) is 5.32 Å². The number of aldehydes is 1. The van der Waals surface area contributed by atoms with Crippen molar-refractivity contribution in [3.8, 4) is 5.75 Å². The van der Waals surface area contributed by atoms with Gasteiger partial charge in [-0.1, -0.05) is 0 Å². The van der Waals surface area contributed by atoms with Crippen molar-refractivity contribution in [3.63, 3.8) is 0 Å². The second-order valence-electron chi connectivity index (χ2n) is 6.70. The van der Waals surface area contributed by atoms with E-state index < -0.39 is 28.3 Å². The van der Waals surface area contributed by atoms with E-state index in [9.17, 15) is 24.5 Å². The number of rotatable bonds is 5. The molecule has 0 radical (unpaired) electrons. The van der Waals surface area contributed by atoms with Gasteiger partial charge in [0, 0.05) is 17.3 Å². The van der Waals surface area contributed by atoms with Crippen LogP contribution in [0.4, 0.5) is 16.2 Å². The lowest BCUT2D eigenvalue weighted by Crippen LogP contribution is -2.27. The van der Waals surface area contributed by atoms with Gasteiger partial charge in [-0.25, -0.2) is 9.59 Å². The zero-order chi connectivity index (χ0) is 20.9. The molecule has 9 nitrogen and oxygen atoms in total. The summed E-state index contributed by atoms with van der Waals surface area (Å²) in [7, 11) is 0. The highest BCUT2D eigenvalue weighted by molar-refractivity contribution is 5.93. The third-order valence-electron chi connectivity index (χ3n) is 3.29. The molecule has 0 fully saturated rings. The maximum absolute atomic E-state index is 12.3. The minimum absolute atomic E-state index is 0.0977. The standard InChI is InChI=1S/C19H18N2O7/c1-19(2,3)28-18(24)20-14-7-5-13(6-8-14)17(23)27-16-10-12(11-22)4-9-15(16)21(25)26/h4-11H,1-3H3,(H,20,24). The fraction of sp³-hybridized carbons (Fsp3) is 0.211. The minimum atomic E-state index is -0.852. The summed E-state index contributed by atoms with van der Waals surface area (Å²) in [5.41, 5.74) is -0.480. The largest absolute Gasteiger partial charge is 0.444 e. The zero-order valence-corrected chi connectivity index (χ0v) is 15.4. The van der Waals surface area contributed by atoms with E-state index in [1.54, 1.807) is 20.8 Å². The molecule has 0 bridgehead atoms. The second-order valence-corrected chi connectivity index (χ2v) is 6.70. The molecule has 0 saturated carbocycles. The summed E-state index contributed by atoms with van der Waals surface area (Å²) < 4.78 is 10.2. The lowest BCUT2D eigenvalue weighted by Gasteiger charge is -2.19. The Morgan fingerprint density at radius 1 is 1.11 bits per heavy atom. The number of anilines is 1. The van der Waals surface area contributed by atoms with Gasteiger partial charge in [-0.15, -0.1) is 0 Å². The molecular formula is C19H18N2O7. The topological polar surface area (TPSA) is 125 Å². The molecule has 0 aromatic heterocycles. The number of carbonyl (C=O) groups is 3. The Morgan fingerprint density at radius 3 is 2.29 bits per heavy atom. The van der Waals surface area contributed by atoms with E-state index in [0.717, 1.165) is 12.1 Å². The molecule has 0 spiro atoms. The summed E-state index contributed by atoms with van der Waals surface area (Å²) in [4.78, 5) is 45.2. The minimum Gasteiger partial charge on any atom is -0.444 e. The van der Waals surface area contributed by atoms with Crippen molar-refractivity contribution in [1.82, 2.24) is 0 Å². The zero-order valence-electron chi connectivity index (χ0n) is 15.4. The molecule has 2 aromatic carbocycles. The average Bonchev–Trinajstić information content (AvgIpc) is 2.60. The molecule has 0 aliphatic rings. The third kappa shape index (κ3) is 5.63. The maximum atomic E-state index is 12.3. The molecular weight excluding hydrogens is 368 g/mol. The number of hydrogen-bond acceptors (Lipinski definition) is 7. The lowest BCUT2D eigenvalue weighted by atomic mass is 10.2. The van der Waals surface area contributed by atoms with Crippen LogP contribution in [0.15, 0.2) is 42.5 Å². The highest BCUT2D eigenvalue weighted by Crippen LogP contribution is 2.28. The number of nitro benzene ring substituents is 1. The first-order valence-electron chi connectivity index (χ1n) is 8.15. The molecule has 2 aromatic rings. The smallest absolute Gasteiger partial charge is 0.412 e. The van der Waals surface area contributed by atoms with Crippen LogP contribution in [0, 0.1) is 10.1 Å². The van der Waals surface area contributed by atoms with E-state index in [4.69, 9.17) is 9.47 Å². The van der Waals surface area contributed by atoms with Crippen LogP contribution in [0.5, 0.6) is 5.75 Å². The molecule has 0 heterocycles. The van der Waals surface area contributed by atoms with Gasteiger partial charge in [0.15, 0.2) is 0 Å². The first-order valence-corrected chi connectivity index (χ1v) is 8.15. The SMILES string of the molecule is CC(C)(C)OC(=O)Nc1ccc(C(=O)Oc2cc(C=O)ccc2[N+](=O)[O-])cc1. The molecule has 146 valence electrons. The monoisotopic (exact) mass is 386 g/mol. The van der Waals surface area contributed by atoms with E-state index in [-0.39, 0.29) is 16.9 Å². The normalized spacial score (nSPS) is 10.7. The average molecular weight is 386 g/mol. The summed E-state index contributed by atoms with van der Waals surface area (Å²) >= 11 is 0. The van der Waals surface area contributed by atoms with Crippen LogP contribution >= 0.6 is 0 Å². The summed E-state index contributed by atoms with van der Waals surface area (Å²) in [6.07, 6.45) is -0.165. The number of hydrogen-bond donors (Lipinski definition) is 1. The fourth-order valence-electron chi connectivity index (χ4n) is 2.11. The Labute approximate surface area is 160 Å². The van der Waals surface area contributed by atoms with Crippen molar-refractivity contribution in [3.05, 3.63) is 63.7 Å². The van der Waals surface area contributed by atoms with Crippen LogP contribution in [0.1, 0.15) is 41.5 Å². The molecule has 0 saturated heterocycles. The predicted octanol–water partition coefficient (Wildman–Crippen LogP) is 3.97. The van der Waals surface area contributed by atoms with Gasteiger partial charge < -0.3 is 9.47 Å². The highest BCUT2D eigenvalue weighted by Gasteiger charge is 2.20. The van der Waals surface area contributed by atoms with Crippen molar-refractivity contribution < 1.29 is 28.8 Å². The Balaban J connectivity index is 2.13. The van der Waals surface area contributed by atoms with Crippen molar-refractivity contribution in [1.29, 1.82) is 0 Å². The Hall–Kier alpha value is -3.75. The number of nitrogens with one attached hydrogen (secondary N) is 1. The van der Waals surface area contributed by atoms with E-state index in [1.807, 2.05) is 0 Å². The van der Waals surface area contributed by atoms with Crippen LogP contribution < -0.4 is 10.1 Å². The van der Waals surface area contributed by atoms with Crippen molar-refractivity contribution >= 4 is 29.7 Å². The van der Waals surface area contributed by atoms with Crippen LogP contribution in [0.25, 0.3) is 0 Å². The molecule has 0 aliphatic heterocycles. The van der Waals surface area contributed by atoms with Crippen molar-refractivity contribution in [2.75, 3.05) is 5.32 Å². The van der Waals surface area contributed by atoms with Gasteiger partial charge in [-0.2, -0.15) is 0 Å². The molecule has 0 atom stereocenters.